The molecule has 3 aromatic rings. The summed E-state index contributed by atoms with van der Waals surface area (Å²) in [5.74, 6) is 0.409. The zero-order valence-electron chi connectivity index (χ0n) is 16.2. The summed E-state index contributed by atoms with van der Waals surface area (Å²) in [6, 6.07) is 14.1. The number of rotatable bonds is 3. The van der Waals surface area contributed by atoms with Crippen LogP contribution < -0.4 is 26.2 Å². The van der Waals surface area contributed by atoms with E-state index in [0.717, 1.165) is 4.57 Å². The zero-order valence-corrected chi connectivity index (χ0v) is 16.2. The molecule has 29 heavy (non-hydrogen) atoms. The van der Waals surface area contributed by atoms with Crippen LogP contribution in [0.1, 0.15) is 22.1 Å². The topological polar surface area (TPSA) is 85.6 Å². The molecule has 0 bridgehead atoms. The fourth-order valence-electron chi connectivity index (χ4n) is 3.50. The van der Waals surface area contributed by atoms with Gasteiger partial charge in [0.25, 0.3) is 11.5 Å². The minimum atomic E-state index is -0.781. The predicted molar refractivity (Wildman–Crippen MR) is 110 cm³/mol. The van der Waals surface area contributed by atoms with Gasteiger partial charge in [-0.05, 0) is 36.4 Å². The number of ether oxygens (including phenoxy) is 1. The van der Waals surface area contributed by atoms with E-state index in [-0.39, 0.29) is 11.5 Å². The maximum absolute atomic E-state index is 13.4. The van der Waals surface area contributed by atoms with Crippen LogP contribution in [0.15, 0.2) is 64.3 Å². The molecule has 1 aliphatic heterocycles. The average molecular weight is 392 g/mol. The second-order valence-electron chi connectivity index (χ2n) is 6.81. The van der Waals surface area contributed by atoms with E-state index in [0.29, 0.717) is 22.7 Å². The molecule has 0 unspecified atom stereocenters. The van der Waals surface area contributed by atoms with Gasteiger partial charge in [0.2, 0.25) is 0 Å². The van der Waals surface area contributed by atoms with Crippen molar-refractivity contribution in [2.45, 2.75) is 6.17 Å². The highest BCUT2D eigenvalue weighted by atomic mass is 16.5. The van der Waals surface area contributed by atoms with Crippen LogP contribution in [0.4, 0.5) is 11.4 Å². The van der Waals surface area contributed by atoms with Gasteiger partial charge in [0.15, 0.2) is 0 Å². The predicted octanol–water partition coefficient (Wildman–Crippen LogP) is 1.86. The molecule has 1 atom stereocenters. The van der Waals surface area contributed by atoms with E-state index >= 15 is 0 Å². The third-order valence-electron chi connectivity index (χ3n) is 5.04. The number of anilines is 2. The highest BCUT2D eigenvalue weighted by molar-refractivity contribution is 6.12. The van der Waals surface area contributed by atoms with Crippen molar-refractivity contribution in [2.75, 3.05) is 17.3 Å². The highest BCUT2D eigenvalue weighted by Crippen LogP contribution is 2.36. The first-order valence-corrected chi connectivity index (χ1v) is 9.02. The van der Waals surface area contributed by atoms with Crippen LogP contribution in [0.25, 0.3) is 0 Å². The first-order chi connectivity index (χ1) is 13.9. The molecule has 2 heterocycles. The van der Waals surface area contributed by atoms with Crippen LogP contribution in [-0.4, -0.2) is 22.2 Å². The quantitative estimate of drug-likeness (QED) is 0.735. The number of methoxy groups -OCH3 is 1. The van der Waals surface area contributed by atoms with Gasteiger partial charge in [-0.15, -0.1) is 0 Å². The second kappa shape index (κ2) is 6.97. The molecular weight excluding hydrogens is 372 g/mol. The van der Waals surface area contributed by atoms with Gasteiger partial charge in [0.05, 0.1) is 18.2 Å². The number of aromatic nitrogens is 2. The van der Waals surface area contributed by atoms with Crippen molar-refractivity contribution in [1.82, 2.24) is 9.13 Å². The van der Waals surface area contributed by atoms with Crippen LogP contribution >= 0.6 is 0 Å². The maximum Gasteiger partial charge on any atom is 0.330 e. The largest absolute Gasteiger partial charge is 0.497 e. The van der Waals surface area contributed by atoms with Gasteiger partial charge in [-0.3, -0.25) is 19.1 Å². The van der Waals surface area contributed by atoms with E-state index < -0.39 is 17.4 Å². The summed E-state index contributed by atoms with van der Waals surface area (Å²) in [4.78, 5) is 39.9. The van der Waals surface area contributed by atoms with Gasteiger partial charge in [-0.1, -0.05) is 12.1 Å². The van der Waals surface area contributed by atoms with Crippen molar-refractivity contribution in [3.05, 3.63) is 86.7 Å². The van der Waals surface area contributed by atoms with Gasteiger partial charge in [0.1, 0.15) is 11.9 Å². The lowest BCUT2D eigenvalue weighted by atomic mass is 10.0. The molecule has 1 aromatic heterocycles. The molecule has 0 radical (unpaired) electrons. The molecule has 1 amide bonds. The minimum absolute atomic E-state index is 0.245. The molecule has 4 rings (SSSR count). The number of hydrogen-bond acceptors (Lipinski definition) is 5. The van der Waals surface area contributed by atoms with Crippen LogP contribution in [0.2, 0.25) is 0 Å². The number of carbonyl (C=O) groups excluding carboxylic acids is 1. The Balaban J connectivity index is 1.93. The number of aryl methyl sites for hydroxylation is 1. The fraction of sp³-hybridized carbons (Fsp3) is 0.190. The minimum Gasteiger partial charge on any atom is -0.497 e. The molecular formula is C21H20N4O4. The number of carbonyl (C=O) groups is 1. The molecule has 0 spiro atoms. The van der Waals surface area contributed by atoms with Gasteiger partial charge in [0, 0.05) is 31.7 Å². The maximum atomic E-state index is 13.4. The SMILES string of the molecule is COc1ccc(N2C(=O)c3ccccc3N[C@@H]2c2cn(C)c(=O)n(C)c2=O)cc1. The molecule has 0 fully saturated rings. The zero-order chi connectivity index (χ0) is 20.7. The Bertz CT molecular complexity index is 1210. The standard InChI is InChI=1S/C21H20N4O4/c1-23-12-16(19(26)24(2)21(23)28)18-22-17-7-5-4-6-15(17)20(27)25(18)13-8-10-14(29-3)11-9-13/h4-12,18,22H,1-3H3/t18-/m0/s1. The first-order valence-electron chi connectivity index (χ1n) is 9.02. The Morgan fingerprint density at radius 1 is 0.966 bits per heavy atom. The lowest BCUT2D eigenvalue weighted by molar-refractivity contribution is 0.0974. The van der Waals surface area contributed by atoms with E-state index in [1.807, 2.05) is 6.07 Å². The Kier molecular flexibility index (Phi) is 4.46. The summed E-state index contributed by atoms with van der Waals surface area (Å²) >= 11 is 0. The van der Waals surface area contributed by atoms with Gasteiger partial charge >= 0.3 is 5.69 Å². The van der Waals surface area contributed by atoms with Crippen molar-refractivity contribution >= 4 is 17.3 Å². The van der Waals surface area contributed by atoms with Crippen molar-refractivity contribution < 1.29 is 9.53 Å². The molecule has 0 saturated heterocycles. The smallest absolute Gasteiger partial charge is 0.330 e. The summed E-state index contributed by atoms with van der Waals surface area (Å²) in [7, 11) is 4.56. The average Bonchev–Trinajstić information content (AvgIpc) is 2.75. The van der Waals surface area contributed by atoms with Crippen LogP contribution in [-0.2, 0) is 14.1 Å². The third-order valence-corrected chi connectivity index (χ3v) is 5.04. The fourth-order valence-corrected chi connectivity index (χ4v) is 3.50. The lowest BCUT2D eigenvalue weighted by Crippen LogP contribution is -2.48. The molecule has 0 aliphatic carbocycles. The van der Waals surface area contributed by atoms with E-state index in [9.17, 15) is 14.4 Å². The van der Waals surface area contributed by atoms with E-state index in [1.165, 1.54) is 22.7 Å². The van der Waals surface area contributed by atoms with Gasteiger partial charge in [-0.25, -0.2) is 4.79 Å². The summed E-state index contributed by atoms with van der Waals surface area (Å²) in [6.07, 6.45) is 0.691. The molecule has 1 N–H and O–H groups in total. The molecule has 2 aromatic carbocycles. The summed E-state index contributed by atoms with van der Waals surface area (Å²) < 4.78 is 7.57. The molecule has 0 saturated carbocycles. The Morgan fingerprint density at radius 3 is 2.34 bits per heavy atom. The summed E-state index contributed by atoms with van der Waals surface area (Å²) in [6.45, 7) is 0. The summed E-state index contributed by atoms with van der Waals surface area (Å²) in [5.41, 5.74) is 1.12. The number of amides is 1. The van der Waals surface area contributed by atoms with Crippen LogP contribution in [0.3, 0.4) is 0 Å². The molecule has 1 aliphatic rings. The Hall–Kier alpha value is -3.81. The van der Waals surface area contributed by atoms with Crippen molar-refractivity contribution in [1.29, 1.82) is 0 Å². The lowest BCUT2D eigenvalue weighted by Gasteiger charge is -2.37. The van der Waals surface area contributed by atoms with Crippen molar-refractivity contribution in [2.24, 2.45) is 14.1 Å². The summed E-state index contributed by atoms with van der Waals surface area (Å²) in [5, 5.41) is 3.28. The number of benzene rings is 2. The molecule has 8 nitrogen and oxygen atoms in total. The van der Waals surface area contributed by atoms with Crippen molar-refractivity contribution in [3.63, 3.8) is 0 Å². The second-order valence-corrected chi connectivity index (χ2v) is 6.81. The molecule has 8 heteroatoms. The van der Waals surface area contributed by atoms with Crippen LogP contribution in [0, 0.1) is 0 Å². The van der Waals surface area contributed by atoms with E-state index in [2.05, 4.69) is 5.32 Å². The van der Waals surface area contributed by atoms with E-state index in [1.54, 1.807) is 56.6 Å². The normalized spacial score (nSPS) is 15.6. The molecule has 148 valence electrons. The van der Waals surface area contributed by atoms with Gasteiger partial charge in [-0.2, -0.15) is 0 Å². The number of nitrogens with one attached hydrogen (secondary N) is 1. The third kappa shape index (κ3) is 2.98. The van der Waals surface area contributed by atoms with Crippen molar-refractivity contribution in [3.8, 4) is 5.75 Å². The van der Waals surface area contributed by atoms with Crippen LogP contribution in [0.5, 0.6) is 5.75 Å². The first kappa shape index (κ1) is 18.5. The highest BCUT2D eigenvalue weighted by Gasteiger charge is 2.36. The monoisotopic (exact) mass is 392 g/mol. The number of nitrogens with zero attached hydrogens (tertiary/aromatic N) is 3. The number of fused-ring (bicyclic) bond motifs is 1. The number of hydrogen-bond donors (Lipinski definition) is 1. The Labute approximate surface area is 166 Å². The number of para-hydroxylation sites is 1. The van der Waals surface area contributed by atoms with E-state index in [4.69, 9.17) is 4.74 Å². The Morgan fingerprint density at radius 2 is 1.66 bits per heavy atom. The van der Waals surface area contributed by atoms with Gasteiger partial charge < -0.3 is 14.6 Å².